The number of aromatic nitrogens is 2. The highest BCUT2D eigenvalue weighted by Gasteiger charge is 2.51. The summed E-state index contributed by atoms with van der Waals surface area (Å²) in [6.45, 7) is 7.43. The molecule has 182 valence electrons. The predicted octanol–water partition coefficient (Wildman–Crippen LogP) is 3.80. The molecule has 7 nitrogen and oxygen atoms in total. The average molecular weight is 476 g/mol. The van der Waals surface area contributed by atoms with Crippen LogP contribution in [0.4, 0.5) is 18.9 Å². The third-order valence-electron chi connectivity index (χ3n) is 6.98. The van der Waals surface area contributed by atoms with Crippen molar-refractivity contribution in [3.05, 3.63) is 47.3 Å². The Morgan fingerprint density at radius 1 is 1.29 bits per heavy atom. The molecule has 1 aromatic heterocycles. The highest BCUT2D eigenvalue weighted by molar-refractivity contribution is 5.92. The largest absolute Gasteiger partial charge is 0.417 e. The van der Waals surface area contributed by atoms with E-state index in [0.29, 0.717) is 57.3 Å². The number of rotatable bonds is 6. The van der Waals surface area contributed by atoms with E-state index in [2.05, 4.69) is 5.10 Å². The summed E-state index contributed by atoms with van der Waals surface area (Å²) in [7, 11) is 0. The lowest BCUT2D eigenvalue weighted by Gasteiger charge is -2.43. The van der Waals surface area contributed by atoms with Crippen LogP contribution in [0, 0.1) is 22.7 Å². The van der Waals surface area contributed by atoms with Crippen LogP contribution in [0.15, 0.2) is 30.5 Å². The van der Waals surface area contributed by atoms with Crippen LogP contribution in [-0.4, -0.2) is 60.0 Å². The van der Waals surface area contributed by atoms with Gasteiger partial charge >= 0.3 is 6.18 Å². The molecular formula is C24H28F3N5O2. The monoisotopic (exact) mass is 475 g/mol. The van der Waals surface area contributed by atoms with E-state index in [1.54, 1.807) is 29.1 Å². The minimum atomic E-state index is -4.61. The van der Waals surface area contributed by atoms with E-state index in [0.717, 1.165) is 12.5 Å². The Labute approximate surface area is 196 Å². The molecule has 2 fully saturated rings. The summed E-state index contributed by atoms with van der Waals surface area (Å²) in [5, 5.41) is 13.3. The molecule has 4 rings (SSSR count). The number of likely N-dealkylation sites (tertiary alicyclic amines) is 1. The second kappa shape index (κ2) is 9.29. The van der Waals surface area contributed by atoms with Gasteiger partial charge in [-0.15, -0.1) is 0 Å². The molecule has 10 heteroatoms. The van der Waals surface area contributed by atoms with Gasteiger partial charge in [0.2, 0.25) is 0 Å². The molecule has 3 heterocycles. The smallest absolute Gasteiger partial charge is 0.381 e. The zero-order chi connectivity index (χ0) is 24.5. The Morgan fingerprint density at radius 3 is 2.76 bits per heavy atom. The van der Waals surface area contributed by atoms with E-state index in [1.165, 1.54) is 6.07 Å². The SMILES string of the molecule is CCOCC12CN(C(=O)c3ccnn3CC)CCC1CN(c1ccc(C#N)c(C(F)(F)F)c1)C2. The molecule has 0 bridgehead atoms. The Bertz CT molecular complexity index is 1090. The number of hydrogen-bond donors (Lipinski definition) is 0. The number of nitriles is 1. The van der Waals surface area contributed by atoms with Crippen molar-refractivity contribution in [2.75, 3.05) is 44.3 Å². The number of nitrogens with zero attached hydrogens (tertiary/aromatic N) is 5. The van der Waals surface area contributed by atoms with Gasteiger partial charge < -0.3 is 14.5 Å². The van der Waals surface area contributed by atoms with Crippen LogP contribution in [-0.2, 0) is 17.5 Å². The van der Waals surface area contributed by atoms with Crippen molar-refractivity contribution in [3.63, 3.8) is 0 Å². The van der Waals surface area contributed by atoms with Crippen LogP contribution in [0.2, 0.25) is 0 Å². The topological polar surface area (TPSA) is 74.4 Å². The molecule has 0 radical (unpaired) electrons. The average Bonchev–Trinajstić information content (AvgIpc) is 3.45. The highest BCUT2D eigenvalue weighted by Crippen LogP contribution is 2.45. The van der Waals surface area contributed by atoms with Gasteiger partial charge in [-0.25, -0.2) is 0 Å². The van der Waals surface area contributed by atoms with Crippen molar-refractivity contribution in [3.8, 4) is 6.07 Å². The first-order valence-corrected chi connectivity index (χ1v) is 11.5. The predicted molar refractivity (Wildman–Crippen MR) is 119 cm³/mol. The van der Waals surface area contributed by atoms with E-state index in [1.807, 2.05) is 23.6 Å². The standard InChI is InChI=1S/C24H28F3N5O2/c1-3-32-21(7-9-29-32)22(33)30-10-8-18-13-31(15-23(18,14-30)16-34-4-2)19-6-5-17(12-28)20(11-19)24(25,26)27/h5-7,9,11,18H,3-4,8,10,13-16H2,1-2H3. The Hall–Kier alpha value is -3.06. The first-order chi connectivity index (χ1) is 16.2. The lowest BCUT2D eigenvalue weighted by molar-refractivity contribution is -0.137. The van der Waals surface area contributed by atoms with Crippen LogP contribution >= 0.6 is 0 Å². The molecule has 1 amide bonds. The van der Waals surface area contributed by atoms with Crippen LogP contribution in [0.3, 0.4) is 0 Å². The van der Waals surface area contributed by atoms with Gasteiger partial charge in [-0.05, 0) is 50.5 Å². The Balaban J connectivity index is 1.62. The fourth-order valence-corrected chi connectivity index (χ4v) is 5.25. The fourth-order valence-electron chi connectivity index (χ4n) is 5.25. The van der Waals surface area contributed by atoms with Crippen molar-refractivity contribution in [2.45, 2.75) is 33.0 Å². The molecule has 2 aliphatic rings. The van der Waals surface area contributed by atoms with Crippen molar-refractivity contribution in [2.24, 2.45) is 11.3 Å². The number of carbonyl (C=O) groups excluding carboxylic acids is 1. The first kappa shape index (κ1) is 24.1. The third-order valence-corrected chi connectivity index (χ3v) is 6.98. The van der Waals surface area contributed by atoms with Gasteiger partial charge in [-0.1, -0.05) is 0 Å². The van der Waals surface area contributed by atoms with Crippen molar-refractivity contribution in [1.82, 2.24) is 14.7 Å². The summed E-state index contributed by atoms with van der Waals surface area (Å²) in [6, 6.07) is 7.22. The minimum absolute atomic E-state index is 0.0927. The van der Waals surface area contributed by atoms with Gasteiger partial charge in [-0.2, -0.15) is 23.5 Å². The van der Waals surface area contributed by atoms with Gasteiger partial charge in [0.05, 0.1) is 23.8 Å². The highest BCUT2D eigenvalue weighted by atomic mass is 19.4. The summed E-state index contributed by atoms with van der Waals surface area (Å²) in [4.78, 5) is 17.0. The van der Waals surface area contributed by atoms with Crippen molar-refractivity contribution in [1.29, 1.82) is 5.26 Å². The molecule has 2 aliphatic heterocycles. The van der Waals surface area contributed by atoms with E-state index >= 15 is 0 Å². The van der Waals surface area contributed by atoms with Gasteiger partial charge in [-0.3, -0.25) is 9.48 Å². The summed E-state index contributed by atoms with van der Waals surface area (Å²) in [6.07, 6.45) is -2.26. The maximum absolute atomic E-state index is 13.5. The second-order valence-electron chi connectivity index (χ2n) is 8.96. The number of hydrogen-bond acceptors (Lipinski definition) is 5. The molecule has 2 atom stereocenters. The number of benzene rings is 1. The zero-order valence-electron chi connectivity index (χ0n) is 19.3. The maximum atomic E-state index is 13.5. The van der Waals surface area contributed by atoms with E-state index < -0.39 is 17.2 Å². The quantitative estimate of drug-likeness (QED) is 0.636. The Kier molecular flexibility index (Phi) is 6.58. The summed E-state index contributed by atoms with van der Waals surface area (Å²) >= 11 is 0. The number of aryl methyl sites for hydroxylation is 1. The number of fused-ring (bicyclic) bond motifs is 1. The van der Waals surface area contributed by atoms with E-state index in [-0.39, 0.29) is 17.4 Å². The molecule has 1 aromatic carbocycles. The number of alkyl halides is 3. The minimum Gasteiger partial charge on any atom is -0.381 e. The van der Waals surface area contributed by atoms with Crippen LogP contribution in [0.1, 0.15) is 41.9 Å². The number of ether oxygens (including phenoxy) is 1. The Morgan fingerprint density at radius 2 is 2.09 bits per heavy atom. The molecule has 2 saturated heterocycles. The van der Waals surface area contributed by atoms with Crippen LogP contribution in [0.5, 0.6) is 0 Å². The molecule has 0 aliphatic carbocycles. The summed E-state index contributed by atoms with van der Waals surface area (Å²) in [5.74, 6) is 0.0778. The second-order valence-corrected chi connectivity index (χ2v) is 8.96. The van der Waals surface area contributed by atoms with E-state index in [9.17, 15) is 18.0 Å². The van der Waals surface area contributed by atoms with Crippen molar-refractivity contribution < 1.29 is 22.7 Å². The van der Waals surface area contributed by atoms with Crippen molar-refractivity contribution >= 4 is 11.6 Å². The number of halogens is 3. The summed E-state index contributed by atoms with van der Waals surface area (Å²) in [5.41, 5.74) is -0.748. The molecule has 0 spiro atoms. The molecule has 2 aromatic rings. The first-order valence-electron chi connectivity index (χ1n) is 11.5. The number of anilines is 1. The van der Waals surface area contributed by atoms with Crippen LogP contribution < -0.4 is 4.90 Å². The van der Waals surface area contributed by atoms with Gasteiger partial charge in [0, 0.05) is 56.6 Å². The maximum Gasteiger partial charge on any atom is 0.417 e. The lowest BCUT2D eigenvalue weighted by atomic mass is 9.74. The van der Waals surface area contributed by atoms with Gasteiger partial charge in [0.1, 0.15) is 5.69 Å². The van der Waals surface area contributed by atoms with Gasteiger partial charge in [0.15, 0.2) is 0 Å². The number of amides is 1. The molecular weight excluding hydrogens is 447 g/mol. The number of piperidine rings is 1. The molecule has 0 N–H and O–H groups in total. The van der Waals surface area contributed by atoms with Crippen LogP contribution in [0.25, 0.3) is 0 Å². The van der Waals surface area contributed by atoms with E-state index in [4.69, 9.17) is 10.00 Å². The molecule has 34 heavy (non-hydrogen) atoms. The van der Waals surface area contributed by atoms with Gasteiger partial charge in [0.25, 0.3) is 5.91 Å². The third kappa shape index (κ3) is 4.37. The zero-order valence-corrected chi connectivity index (χ0v) is 19.3. The molecule has 2 unspecified atom stereocenters. The molecule has 0 saturated carbocycles. The number of carbonyl (C=O) groups is 1. The lowest BCUT2D eigenvalue weighted by Crippen LogP contribution is -2.53. The fraction of sp³-hybridized carbons (Fsp3) is 0.542. The normalized spacial score (nSPS) is 22.5. The summed E-state index contributed by atoms with van der Waals surface area (Å²) < 4.78 is 48.1.